The first-order chi connectivity index (χ1) is 10.4. The van der Waals surface area contributed by atoms with Gasteiger partial charge in [0, 0.05) is 12.5 Å². The van der Waals surface area contributed by atoms with E-state index in [0.717, 1.165) is 12.8 Å². The Balaban J connectivity index is 1.88. The van der Waals surface area contributed by atoms with E-state index in [4.69, 9.17) is 16.9 Å². The summed E-state index contributed by atoms with van der Waals surface area (Å²) in [5, 5.41) is 20.5. The molecule has 8 heteroatoms. The normalized spacial score (nSPS) is 32.6. The number of likely N-dealkylation sites (tertiary alicyclic amines) is 1. The molecule has 1 aliphatic heterocycles. The quantitative estimate of drug-likeness (QED) is 0.317. The van der Waals surface area contributed by atoms with Gasteiger partial charge in [-0.1, -0.05) is 6.42 Å². The molecular weight excluding hydrogens is 286 g/mol. The van der Waals surface area contributed by atoms with Crippen LogP contribution in [0, 0.1) is 11.3 Å². The lowest BCUT2D eigenvalue weighted by molar-refractivity contribution is -0.139. The van der Waals surface area contributed by atoms with Crippen LogP contribution >= 0.6 is 0 Å². The molecule has 1 saturated heterocycles. The highest BCUT2D eigenvalue weighted by Gasteiger charge is 2.35. The molecule has 7 N–H and O–H groups in total. The van der Waals surface area contributed by atoms with Crippen LogP contribution in [0.15, 0.2) is 0 Å². The average Bonchev–Trinajstić information content (AvgIpc) is 2.46. The van der Waals surface area contributed by atoms with E-state index in [0.29, 0.717) is 25.8 Å². The van der Waals surface area contributed by atoms with E-state index in [1.165, 1.54) is 4.90 Å². The predicted octanol–water partition coefficient (Wildman–Crippen LogP) is -1.48. The largest absolute Gasteiger partial charge is 0.390 e. The van der Waals surface area contributed by atoms with Crippen molar-refractivity contribution in [3.63, 3.8) is 0 Å². The zero-order valence-corrected chi connectivity index (χ0v) is 12.6. The Labute approximate surface area is 129 Å². The molecule has 0 aromatic rings. The summed E-state index contributed by atoms with van der Waals surface area (Å²) in [7, 11) is 0. The van der Waals surface area contributed by atoms with E-state index >= 15 is 0 Å². The Morgan fingerprint density at radius 3 is 2.77 bits per heavy atom. The van der Waals surface area contributed by atoms with Crippen molar-refractivity contribution in [2.45, 2.75) is 50.3 Å². The molecule has 2 fully saturated rings. The fourth-order valence-electron chi connectivity index (χ4n) is 3.23. The topological polar surface area (TPSA) is 146 Å². The molecule has 0 aromatic carbocycles. The number of aliphatic hydroxyl groups is 1. The van der Waals surface area contributed by atoms with Gasteiger partial charge >= 0.3 is 0 Å². The van der Waals surface area contributed by atoms with E-state index in [2.05, 4.69) is 5.32 Å². The molecule has 0 aromatic heterocycles. The second kappa shape index (κ2) is 7.06. The third-order valence-electron chi connectivity index (χ3n) is 4.51. The number of nitrogens with one attached hydrogen (secondary N) is 2. The summed E-state index contributed by atoms with van der Waals surface area (Å²) in [5.74, 6) is -0.976. The highest BCUT2D eigenvalue weighted by Crippen LogP contribution is 2.24. The van der Waals surface area contributed by atoms with Crippen molar-refractivity contribution in [3.05, 3.63) is 0 Å². The maximum Gasteiger partial charge on any atom is 0.239 e. The molecule has 2 rings (SSSR count). The van der Waals surface area contributed by atoms with Gasteiger partial charge in [-0.05, 0) is 25.7 Å². The van der Waals surface area contributed by atoms with Crippen LogP contribution in [0.5, 0.6) is 0 Å². The molecule has 8 nitrogen and oxygen atoms in total. The minimum absolute atomic E-state index is 0.0412. The first-order valence-electron chi connectivity index (χ1n) is 7.76. The summed E-state index contributed by atoms with van der Waals surface area (Å²) in [6, 6.07) is -0.951. The van der Waals surface area contributed by atoms with E-state index in [1.807, 2.05) is 0 Å². The number of hydrogen-bond donors (Lipinski definition) is 5. The molecule has 0 bridgehead atoms. The van der Waals surface area contributed by atoms with Crippen LogP contribution in [0.3, 0.4) is 0 Å². The fraction of sp³-hybridized carbons (Fsp3) is 0.786. The van der Waals surface area contributed by atoms with E-state index < -0.39 is 24.1 Å². The molecule has 0 unspecified atom stereocenters. The minimum Gasteiger partial charge on any atom is -0.390 e. The Morgan fingerprint density at radius 1 is 1.36 bits per heavy atom. The van der Waals surface area contributed by atoms with Gasteiger partial charge in [-0.25, -0.2) is 0 Å². The maximum atomic E-state index is 12.1. The Hall–Kier alpha value is -1.67. The molecule has 0 spiro atoms. The van der Waals surface area contributed by atoms with E-state index in [9.17, 15) is 14.7 Å². The lowest BCUT2D eigenvalue weighted by Crippen LogP contribution is -2.55. The number of nitrogens with two attached hydrogens (primary N) is 2. The first-order valence-corrected chi connectivity index (χ1v) is 7.76. The van der Waals surface area contributed by atoms with Gasteiger partial charge in [0.05, 0.1) is 30.6 Å². The van der Waals surface area contributed by atoms with Crippen LogP contribution in [-0.4, -0.2) is 58.9 Å². The molecule has 124 valence electrons. The lowest BCUT2D eigenvalue weighted by atomic mass is 9.82. The Kier molecular flexibility index (Phi) is 5.36. The molecular formula is C14H25N5O3. The number of carbonyl (C=O) groups is 2. The maximum absolute atomic E-state index is 12.1. The zero-order chi connectivity index (χ0) is 16.3. The molecule has 22 heavy (non-hydrogen) atoms. The highest BCUT2D eigenvalue weighted by molar-refractivity contribution is 5.88. The molecule has 1 saturated carbocycles. The number of aliphatic hydroxyl groups excluding tert-OH is 1. The monoisotopic (exact) mass is 311 g/mol. The summed E-state index contributed by atoms with van der Waals surface area (Å²) < 4.78 is 0. The van der Waals surface area contributed by atoms with Crippen molar-refractivity contribution in [3.8, 4) is 0 Å². The highest BCUT2D eigenvalue weighted by atomic mass is 16.3. The van der Waals surface area contributed by atoms with Gasteiger partial charge in [-0.2, -0.15) is 0 Å². The number of amidine groups is 1. The van der Waals surface area contributed by atoms with Crippen molar-refractivity contribution < 1.29 is 14.7 Å². The minimum atomic E-state index is -0.852. The van der Waals surface area contributed by atoms with Gasteiger partial charge in [0.25, 0.3) is 0 Å². The number of carbonyl (C=O) groups excluding carboxylic acids is 2. The Bertz CT molecular complexity index is 456. The number of piperidine rings is 1. The van der Waals surface area contributed by atoms with Gasteiger partial charge in [0.2, 0.25) is 11.8 Å². The zero-order valence-electron chi connectivity index (χ0n) is 12.6. The van der Waals surface area contributed by atoms with Crippen LogP contribution in [0.1, 0.15) is 32.1 Å². The van der Waals surface area contributed by atoms with Crippen molar-refractivity contribution in [1.82, 2.24) is 10.2 Å². The second-order valence-corrected chi connectivity index (χ2v) is 6.17. The third kappa shape index (κ3) is 3.75. The van der Waals surface area contributed by atoms with Crippen LogP contribution in [0.2, 0.25) is 0 Å². The number of rotatable bonds is 4. The van der Waals surface area contributed by atoms with Gasteiger partial charge in [0.1, 0.15) is 0 Å². The van der Waals surface area contributed by atoms with E-state index in [-0.39, 0.29) is 24.2 Å². The van der Waals surface area contributed by atoms with Crippen molar-refractivity contribution >= 4 is 17.6 Å². The summed E-state index contributed by atoms with van der Waals surface area (Å²) in [5.41, 5.74) is 11.2. The smallest absolute Gasteiger partial charge is 0.239 e. The van der Waals surface area contributed by atoms with Gasteiger partial charge < -0.3 is 26.8 Å². The van der Waals surface area contributed by atoms with Crippen LogP contribution in [0.4, 0.5) is 0 Å². The van der Waals surface area contributed by atoms with Crippen LogP contribution in [0.25, 0.3) is 0 Å². The summed E-state index contributed by atoms with van der Waals surface area (Å²) in [6.07, 6.45) is 2.68. The summed E-state index contributed by atoms with van der Waals surface area (Å²) in [4.78, 5) is 25.5. The molecule has 2 amide bonds. The second-order valence-electron chi connectivity index (χ2n) is 6.17. The summed E-state index contributed by atoms with van der Waals surface area (Å²) in [6.45, 7) is 0.490. The van der Waals surface area contributed by atoms with E-state index in [1.54, 1.807) is 0 Å². The average molecular weight is 311 g/mol. The fourth-order valence-corrected chi connectivity index (χ4v) is 3.23. The van der Waals surface area contributed by atoms with Gasteiger partial charge in [0.15, 0.2) is 0 Å². The van der Waals surface area contributed by atoms with Crippen molar-refractivity contribution in [2.75, 3.05) is 13.1 Å². The first kappa shape index (κ1) is 16.7. The molecule has 1 heterocycles. The summed E-state index contributed by atoms with van der Waals surface area (Å²) >= 11 is 0. The van der Waals surface area contributed by atoms with Gasteiger partial charge in [-0.3, -0.25) is 15.0 Å². The molecule has 1 aliphatic carbocycles. The Morgan fingerprint density at radius 2 is 2.09 bits per heavy atom. The predicted molar refractivity (Wildman–Crippen MR) is 81.0 cm³/mol. The number of amides is 2. The molecule has 4 atom stereocenters. The molecule has 0 radical (unpaired) electrons. The molecule has 2 aliphatic rings. The van der Waals surface area contributed by atoms with Crippen molar-refractivity contribution in [1.29, 1.82) is 5.41 Å². The number of nitrogens with zero attached hydrogens (tertiary/aromatic N) is 1. The SMILES string of the molecule is N=C(N)[C@H]1CCC[C@H](NC(=O)CN2CCC[C@H](N)C2=O)[C@@H]1O. The third-order valence-corrected chi connectivity index (χ3v) is 4.51. The van der Waals surface area contributed by atoms with Crippen molar-refractivity contribution in [2.24, 2.45) is 17.4 Å². The number of hydrogen-bond acceptors (Lipinski definition) is 5. The van der Waals surface area contributed by atoms with Crippen LogP contribution < -0.4 is 16.8 Å². The standard InChI is InChI=1S/C14H25N5O3/c15-9-4-2-6-19(14(9)22)7-11(20)18-10-5-1-3-8(12(10)21)13(16)17/h8-10,12,21H,1-7,15H2,(H3,16,17)(H,18,20)/t8-,9-,10-,12+/m0/s1. The lowest BCUT2D eigenvalue weighted by Gasteiger charge is -2.35. The van der Waals surface area contributed by atoms with Gasteiger partial charge in [-0.15, -0.1) is 0 Å². The van der Waals surface area contributed by atoms with Crippen LogP contribution in [-0.2, 0) is 9.59 Å².